The molecule has 1 aliphatic heterocycles. The number of benzene rings is 1. The van der Waals surface area contributed by atoms with Gasteiger partial charge in [-0.05, 0) is 84.4 Å². The summed E-state index contributed by atoms with van der Waals surface area (Å²) < 4.78 is 11.8. The number of nitrogens with zero attached hydrogens (tertiary/aromatic N) is 3. The van der Waals surface area contributed by atoms with E-state index in [2.05, 4.69) is 40.4 Å². The molecule has 3 aliphatic carbocycles. The molecule has 1 amide bonds. The highest BCUT2D eigenvalue weighted by molar-refractivity contribution is 5.76. The third-order valence-corrected chi connectivity index (χ3v) is 9.69. The molecule has 3 saturated carbocycles. The van der Waals surface area contributed by atoms with E-state index in [4.69, 9.17) is 9.26 Å². The van der Waals surface area contributed by atoms with Crippen molar-refractivity contribution in [3.05, 3.63) is 53.4 Å². The Morgan fingerprint density at radius 2 is 1.82 bits per heavy atom. The van der Waals surface area contributed by atoms with Gasteiger partial charge in [-0.25, -0.2) is 4.79 Å². The number of carboxylic acid groups (broad SMARTS) is 1. The van der Waals surface area contributed by atoms with E-state index in [1.54, 1.807) is 0 Å². The van der Waals surface area contributed by atoms with Gasteiger partial charge in [0.2, 0.25) is 0 Å². The van der Waals surface area contributed by atoms with E-state index in [1.165, 1.54) is 5.56 Å². The van der Waals surface area contributed by atoms with Crippen molar-refractivity contribution in [1.29, 1.82) is 0 Å². The minimum atomic E-state index is -0.641. The third kappa shape index (κ3) is 5.52. The number of carboxylic acids is 1. The molecule has 216 valence electrons. The molecule has 0 bridgehead atoms. The summed E-state index contributed by atoms with van der Waals surface area (Å²) in [5.41, 5.74) is 0.955. The number of aliphatic carboxylic acids is 1. The number of likely N-dealkylation sites (tertiary alicyclic amines) is 1. The summed E-state index contributed by atoms with van der Waals surface area (Å²) in [6.07, 6.45) is 7.17. The lowest BCUT2D eigenvalue weighted by Gasteiger charge is -2.43. The monoisotopic (exact) mass is 549 g/mol. The second-order valence-corrected chi connectivity index (χ2v) is 13.8. The maximum absolute atomic E-state index is 13.4. The molecule has 0 radical (unpaired) electrons. The first-order valence-corrected chi connectivity index (χ1v) is 15.1. The molecule has 6 rings (SSSR count). The van der Waals surface area contributed by atoms with Crippen LogP contribution in [-0.2, 0) is 14.9 Å². The number of carbonyl (C=O) groups excluding carboxylic acids is 1. The molecule has 4 fully saturated rings. The molecular formula is C32H43N3O5. The first-order valence-electron chi connectivity index (χ1n) is 15.1. The molecule has 40 heavy (non-hydrogen) atoms. The van der Waals surface area contributed by atoms with Crippen molar-refractivity contribution in [2.75, 3.05) is 26.2 Å². The van der Waals surface area contributed by atoms with Gasteiger partial charge in [-0.3, -0.25) is 4.79 Å². The Labute approximate surface area is 237 Å². The number of hydrogen-bond donors (Lipinski definition) is 1. The zero-order valence-electron chi connectivity index (χ0n) is 24.1. The van der Waals surface area contributed by atoms with Crippen LogP contribution in [0.5, 0.6) is 0 Å². The molecule has 1 aromatic carbocycles. The number of carbonyl (C=O) groups is 2. The molecule has 2 aromatic rings. The van der Waals surface area contributed by atoms with Gasteiger partial charge in [0.15, 0.2) is 0 Å². The Balaban J connectivity index is 1.11. The zero-order valence-corrected chi connectivity index (χ0v) is 24.1. The highest BCUT2D eigenvalue weighted by Gasteiger charge is 2.54. The van der Waals surface area contributed by atoms with Gasteiger partial charge in [-0.1, -0.05) is 41.9 Å². The third-order valence-electron chi connectivity index (χ3n) is 9.69. The molecule has 0 spiro atoms. The van der Waals surface area contributed by atoms with Crippen molar-refractivity contribution < 1.29 is 24.0 Å². The molecule has 8 heteroatoms. The summed E-state index contributed by atoms with van der Waals surface area (Å²) >= 11 is 0. The maximum Gasteiger partial charge on any atom is 0.410 e. The van der Waals surface area contributed by atoms with Crippen LogP contribution in [0.25, 0.3) is 0 Å². The lowest BCUT2D eigenvalue weighted by atomic mass is 9.68. The fourth-order valence-electron chi connectivity index (χ4n) is 6.77. The SMILES string of the molecule is CC(C)(C)OC(=O)N(CC1(c2cc(C3CCN(CC4(C(=O)O)CCC4)CC3)on2)CC1)[C@@H]1C[C@H]1c1ccccc1. The highest BCUT2D eigenvalue weighted by Crippen LogP contribution is 2.53. The van der Waals surface area contributed by atoms with Crippen molar-refractivity contribution in [3.8, 4) is 0 Å². The van der Waals surface area contributed by atoms with E-state index in [9.17, 15) is 14.7 Å². The van der Waals surface area contributed by atoms with Crippen LogP contribution in [0.3, 0.4) is 0 Å². The van der Waals surface area contributed by atoms with Crippen molar-refractivity contribution in [3.63, 3.8) is 0 Å². The summed E-state index contributed by atoms with van der Waals surface area (Å²) in [5.74, 6) is 0.915. The van der Waals surface area contributed by atoms with Crippen LogP contribution in [0.4, 0.5) is 4.79 Å². The van der Waals surface area contributed by atoms with Crippen molar-refractivity contribution >= 4 is 12.1 Å². The number of rotatable bonds is 9. The second-order valence-electron chi connectivity index (χ2n) is 13.8. The van der Waals surface area contributed by atoms with Crippen molar-refractivity contribution in [1.82, 2.24) is 15.0 Å². The van der Waals surface area contributed by atoms with Gasteiger partial charge in [-0.15, -0.1) is 0 Å². The van der Waals surface area contributed by atoms with E-state index in [0.29, 0.717) is 24.9 Å². The van der Waals surface area contributed by atoms with Gasteiger partial charge in [0.1, 0.15) is 11.4 Å². The fourth-order valence-corrected chi connectivity index (χ4v) is 6.77. The molecule has 2 heterocycles. The Bertz CT molecular complexity index is 1220. The Hall–Kier alpha value is -2.87. The Morgan fingerprint density at radius 1 is 1.12 bits per heavy atom. The minimum absolute atomic E-state index is 0.134. The smallest absolute Gasteiger partial charge is 0.410 e. The number of aromatic nitrogens is 1. The normalized spacial score (nSPS) is 25.6. The first kappa shape index (κ1) is 27.3. The van der Waals surface area contributed by atoms with E-state index >= 15 is 0 Å². The van der Waals surface area contributed by atoms with Crippen LogP contribution in [0.1, 0.15) is 101 Å². The fraction of sp³-hybridized carbons (Fsp3) is 0.656. The first-order chi connectivity index (χ1) is 19.1. The van der Waals surface area contributed by atoms with Gasteiger partial charge in [0, 0.05) is 42.4 Å². The number of ether oxygens (including phenoxy) is 1. The Morgan fingerprint density at radius 3 is 2.40 bits per heavy atom. The predicted octanol–water partition coefficient (Wildman–Crippen LogP) is 5.93. The van der Waals surface area contributed by atoms with Crippen LogP contribution >= 0.6 is 0 Å². The number of hydrogen-bond acceptors (Lipinski definition) is 6. The number of amides is 1. The minimum Gasteiger partial charge on any atom is -0.481 e. The Kier molecular flexibility index (Phi) is 6.96. The van der Waals surface area contributed by atoms with Gasteiger partial charge in [0.25, 0.3) is 0 Å². The van der Waals surface area contributed by atoms with Crippen LogP contribution in [0.15, 0.2) is 40.9 Å². The molecule has 2 atom stereocenters. The molecule has 1 N–H and O–H groups in total. The molecule has 4 aliphatic rings. The van der Waals surface area contributed by atoms with Crippen LogP contribution in [-0.4, -0.2) is 69.9 Å². The lowest BCUT2D eigenvalue weighted by Crippen LogP contribution is -2.49. The van der Waals surface area contributed by atoms with Gasteiger partial charge >= 0.3 is 12.1 Å². The maximum atomic E-state index is 13.4. The average molecular weight is 550 g/mol. The summed E-state index contributed by atoms with van der Waals surface area (Å²) in [5, 5.41) is 14.3. The average Bonchev–Trinajstić information content (AvgIpc) is 3.81. The molecular weight excluding hydrogens is 506 g/mol. The summed E-state index contributed by atoms with van der Waals surface area (Å²) in [6, 6.07) is 12.7. The van der Waals surface area contributed by atoms with Crippen LogP contribution in [0, 0.1) is 5.41 Å². The second kappa shape index (κ2) is 10.2. The summed E-state index contributed by atoms with van der Waals surface area (Å²) in [4.78, 5) is 29.5. The van der Waals surface area contributed by atoms with E-state index < -0.39 is 17.0 Å². The van der Waals surface area contributed by atoms with Gasteiger partial charge < -0.3 is 24.2 Å². The van der Waals surface area contributed by atoms with Crippen LogP contribution in [0.2, 0.25) is 0 Å². The standard InChI is InChI=1S/C32H43N3O5/c1-30(2,3)39-29(38)35(25-18-24(25)22-8-5-4-6-9-22)21-31(14-15-31)27-19-26(40-33-27)23-10-16-34(17-11-23)20-32(28(36)37)12-7-13-32/h4-6,8-9,19,23-25H,7,10-18,20-21H2,1-3H3,(H,36,37)/t24-,25+/m0/s1. The van der Waals surface area contributed by atoms with Crippen molar-refractivity contribution in [2.45, 2.75) is 101 Å². The van der Waals surface area contributed by atoms with Gasteiger partial charge in [0.05, 0.1) is 11.1 Å². The topological polar surface area (TPSA) is 96.1 Å². The molecule has 8 nitrogen and oxygen atoms in total. The molecule has 1 aromatic heterocycles. The zero-order chi connectivity index (χ0) is 28.1. The summed E-state index contributed by atoms with van der Waals surface area (Å²) in [6.45, 7) is 8.77. The molecule has 1 saturated heterocycles. The van der Waals surface area contributed by atoms with E-state index in [-0.39, 0.29) is 17.6 Å². The highest BCUT2D eigenvalue weighted by atomic mass is 16.6. The number of piperidine rings is 1. The van der Waals surface area contributed by atoms with E-state index in [1.807, 2.05) is 31.7 Å². The summed E-state index contributed by atoms with van der Waals surface area (Å²) in [7, 11) is 0. The largest absolute Gasteiger partial charge is 0.481 e. The molecule has 0 unspecified atom stereocenters. The van der Waals surface area contributed by atoms with Crippen molar-refractivity contribution in [2.24, 2.45) is 5.41 Å². The van der Waals surface area contributed by atoms with E-state index in [0.717, 1.165) is 75.9 Å². The van der Waals surface area contributed by atoms with Crippen LogP contribution < -0.4 is 0 Å². The van der Waals surface area contributed by atoms with Gasteiger partial charge in [-0.2, -0.15) is 0 Å². The quantitative estimate of drug-likeness (QED) is 0.414. The lowest BCUT2D eigenvalue weighted by molar-refractivity contribution is -0.156. The predicted molar refractivity (Wildman–Crippen MR) is 150 cm³/mol.